The molecule has 0 radical (unpaired) electrons. The zero-order valence-electron chi connectivity index (χ0n) is 13.6. The molecule has 0 aliphatic carbocycles. The minimum Gasteiger partial charge on any atom is -0.355 e. The summed E-state index contributed by atoms with van der Waals surface area (Å²) in [6, 6.07) is 6.38. The van der Waals surface area contributed by atoms with Gasteiger partial charge in [-0.3, -0.25) is 9.79 Å². The van der Waals surface area contributed by atoms with Crippen LogP contribution in [-0.4, -0.2) is 37.0 Å². The fraction of sp³-hybridized carbons (Fsp3) is 0.312. The van der Waals surface area contributed by atoms with Gasteiger partial charge in [-0.1, -0.05) is 12.1 Å². The van der Waals surface area contributed by atoms with E-state index in [1.165, 1.54) is 23.5 Å². The molecular weight excluding hydrogens is 329 g/mol. The van der Waals surface area contributed by atoms with E-state index < -0.39 is 0 Å². The van der Waals surface area contributed by atoms with Gasteiger partial charge in [0.25, 0.3) is 5.91 Å². The number of nitrogens with zero attached hydrogens (tertiary/aromatic N) is 2. The van der Waals surface area contributed by atoms with Crippen LogP contribution >= 0.6 is 11.3 Å². The quantitative estimate of drug-likeness (QED) is 0.421. The molecule has 1 amide bonds. The fourth-order valence-electron chi connectivity index (χ4n) is 2.01. The number of hydrogen-bond acceptors (Lipinski definition) is 4. The number of halogens is 1. The average molecular weight is 349 g/mol. The van der Waals surface area contributed by atoms with Gasteiger partial charge in [0.15, 0.2) is 5.96 Å². The lowest BCUT2D eigenvalue weighted by Crippen LogP contribution is -2.41. The number of aromatic nitrogens is 1. The molecule has 24 heavy (non-hydrogen) atoms. The first-order valence-electron chi connectivity index (χ1n) is 7.47. The number of aliphatic imine (C=N–C) groups is 1. The molecule has 8 heteroatoms. The molecule has 0 aliphatic heterocycles. The standard InChI is InChI=1S/C16H20FN5OS/c1-11-14(24-10-22-11)15(23)19-6-7-20-16(18-2)21-9-12-4-3-5-13(17)8-12/h3-5,8,10H,6-7,9H2,1-2H3,(H,19,23)(H2,18,20,21). The summed E-state index contributed by atoms with van der Waals surface area (Å²) in [5, 5.41) is 9.00. The molecule has 6 nitrogen and oxygen atoms in total. The van der Waals surface area contributed by atoms with E-state index in [9.17, 15) is 9.18 Å². The molecule has 128 valence electrons. The van der Waals surface area contributed by atoms with Crippen LogP contribution in [0.15, 0.2) is 34.8 Å². The Balaban J connectivity index is 1.70. The lowest BCUT2D eigenvalue weighted by atomic mass is 10.2. The first-order valence-corrected chi connectivity index (χ1v) is 8.35. The van der Waals surface area contributed by atoms with E-state index in [1.54, 1.807) is 18.6 Å². The molecule has 1 aromatic carbocycles. The zero-order valence-corrected chi connectivity index (χ0v) is 14.4. The van der Waals surface area contributed by atoms with Gasteiger partial charge in [0.2, 0.25) is 0 Å². The van der Waals surface area contributed by atoms with Gasteiger partial charge in [-0.2, -0.15) is 0 Å². The Labute approximate surface area is 144 Å². The third kappa shape index (κ3) is 5.31. The monoisotopic (exact) mass is 349 g/mol. The Bertz CT molecular complexity index is 716. The van der Waals surface area contributed by atoms with Gasteiger partial charge in [0.1, 0.15) is 10.7 Å². The van der Waals surface area contributed by atoms with Crippen LogP contribution in [0.5, 0.6) is 0 Å². The average Bonchev–Trinajstić information content (AvgIpc) is 3.00. The zero-order chi connectivity index (χ0) is 17.4. The van der Waals surface area contributed by atoms with E-state index in [-0.39, 0.29) is 11.7 Å². The summed E-state index contributed by atoms with van der Waals surface area (Å²) in [7, 11) is 1.65. The minimum atomic E-state index is -0.265. The van der Waals surface area contributed by atoms with Crippen molar-refractivity contribution in [1.29, 1.82) is 0 Å². The number of carbonyl (C=O) groups is 1. The van der Waals surface area contributed by atoms with Gasteiger partial charge in [-0.25, -0.2) is 9.37 Å². The lowest BCUT2D eigenvalue weighted by Gasteiger charge is -2.12. The highest BCUT2D eigenvalue weighted by Crippen LogP contribution is 2.11. The second-order valence-corrected chi connectivity index (χ2v) is 5.86. The summed E-state index contributed by atoms with van der Waals surface area (Å²) < 4.78 is 13.1. The fourth-order valence-corrected chi connectivity index (χ4v) is 2.73. The van der Waals surface area contributed by atoms with Crippen molar-refractivity contribution in [2.24, 2.45) is 4.99 Å². The Morgan fingerprint density at radius 3 is 2.75 bits per heavy atom. The van der Waals surface area contributed by atoms with E-state index in [4.69, 9.17) is 0 Å². The maximum absolute atomic E-state index is 13.1. The summed E-state index contributed by atoms with van der Waals surface area (Å²) in [5.74, 6) is 0.195. The molecule has 3 N–H and O–H groups in total. The molecule has 0 fully saturated rings. The molecule has 0 aliphatic rings. The number of aryl methyl sites for hydroxylation is 1. The van der Waals surface area contributed by atoms with Gasteiger partial charge in [0.05, 0.1) is 11.2 Å². The second kappa shape index (κ2) is 8.97. The highest BCUT2D eigenvalue weighted by molar-refractivity contribution is 7.11. The van der Waals surface area contributed by atoms with Crippen LogP contribution < -0.4 is 16.0 Å². The summed E-state index contributed by atoms with van der Waals surface area (Å²) >= 11 is 1.32. The highest BCUT2D eigenvalue weighted by atomic mass is 32.1. The molecule has 1 aromatic heterocycles. The summed E-state index contributed by atoms with van der Waals surface area (Å²) in [5.41, 5.74) is 3.21. The summed E-state index contributed by atoms with van der Waals surface area (Å²) in [6.07, 6.45) is 0. The van der Waals surface area contributed by atoms with E-state index in [1.807, 2.05) is 13.0 Å². The molecule has 0 saturated carbocycles. The van der Waals surface area contributed by atoms with Crippen LogP contribution in [-0.2, 0) is 6.54 Å². The van der Waals surface area contributed by atoms with E-state index in [2.05, 4.69) is 25.9 Å². The van der Waals surface area contributed by atoms with Gasteiger partial charge >= 0.3 is 0 Å². The Kier molecular flexibility index (Phi) is 6.68. The van der Waals surface area contributed by atoms with Gasteiger partial charge in [0, 0.05) is 26.7 Å². The molecule has 1 heterocycles. The number of benzene rings is 1. The van der Waals surface area contributed by atoms with E-state index >= 15 is 0 Å². The number of hydrogen-bond donors (Lipinski definition) is 3. The predicted molar refractivity (Wildman–Crippen MR) is 93.8 cm³/mol. The molecule has 2 aromatic rings. The van der Waals surface area contributed by atoms with Crippen LogP contribution in [0.1, 0.15) is 20.9 Å². The Morgan fingerprint density at radius 1 is 1.29 bits per heavy atom. The maximum Gasteiger partial charge on any atom is 0.263 e. The van der Waals surface area contributed by atoms with Crippen molar-refractivity contribution in [2.75, 3.05) is 20.1 Å². The first-order chi connectivity index (χ1) is 11.6. The Morgan fingerprint density at radius 2 is 2.08 bits per heavy atom. The minimum absolute atomic E-state index is 0.125. The van der Waals surface area contributed by atoms with Gasteiger partial charge in [-0.15, -0.1) is 11.3 Å². The highest BCUT2D eigenvalue weighted by Gasteiger charge is 2.10. The predicted octanol–water partition coefficient (Wildman–Crippen LogP) is 1.69. The first kappa shape index (κ1) is 17.9. The number of nitrogens with one attached hydrogen (secondary N) is 3. The van der Waals surface area contributed by atoms with Crippen molar-refractivity contribution in [1.82, 2.24) is 20.9 Å². The van der Waals surface area contributed by atoms with Crippen LogP contribution in [0, 0.1) is 12.7 Å². The van der Waals surface area contributed by atoms with Crippen LogP contribution in [0.4, 0.5) is 4.39 Å². The molecule has 2 rings (SSSR count). The molecular formula is C16H20FN5OS. The molecule has 0 saturated heterocycles. The summed E-state index contributed by atoms with van der Waals surface area (Å²) in [4.78, 5) is 20.7. The van der Waals surface area contributed by atoms with E-state index in [0.717, 1.165) is 11.3 Å². The van der Waals surface area contributed by atoms with Crippen molar-refractivity contribution in [3.8, 4) is 0 Å². The van der Waals surface area contributed by atoms with Crippen molar-refractivity contribution < 1.29 is 9.18 Å². The second-order valence-electron chi connectivity index (χ2n) is 5.01. The van der Waals surface area contributed by atoms with Gasteiger partial charge in [-0.05, 0) is 24.6 Å². The third-order valence-corrected chi connectivity index (χ3v) is 4.15. The Hall–Kier alpha value is -2.48. The van der Waals surface area contributed by atoms with E-state index in [0.29, 0.717) is 30.5 Å². The number of amides is 1. The SMILES string of the molecule is CN=C(NCCNC(=O)c1scnc1C)NCc1cccc(F)c1. The number of carbonyl (C=O) groups excluding carboxylic acids is 1. The largest absolute Gasteiger partial charge is 0.355 e. The smallest absolute Gasteiger partial charge is 0.263 e. The third-order valence-electron chi connectivity index (χ3n) is 3.23. The summed E-state index contributed by atoms with van der Waals surface area (Å²) in [6.45, 7) is 3.24. The normalized spacial score (nSPS) is 11.2. The van der Waals surface area contributed by atoms with Crippen molar-refractivity contribution in [3.63, 3.8) is 0 Å². The number of thiazole rings is 1. The van der Waals surface area contributed by atoms with Crippen LogP contribution in [0.25, 0.3) is 0 Å². The number of guanidine groups is 1. The molecule has 0 spiro atoms. The van der Waals surface area contributed by atoms with Gasteiger partial charge < -0.3 is 16.0 Å². The van der Waals surface area contributed by atoms with Crippen molar-refractivity contribution in [3.05, 3.63) is 51.7 Å². The van der Waals surface area contributed by atoms with Crippen LogP contribution in [0.2, 0.25) is 0 Å². The van der Waals surface area contributed by atoms with Crippen LogP contribution in [0.3, 0.4) is 0 Å². The lowest BCUT2D eigenvalue weighted by molar-refractivity contribution is 0.0957. The maximum atomic E-state index is 13.1. The van der Waals surface area contributed by atoms with Crippen molar-refractivity contribution in [2.45, 2.75) is 13.5 Å². The molecule has 0 bridgehead atoms. The van der Waals surface area contributed by atoms with Crippen molar-refractivity contribution >= 4 is 23.2 Å². The molecule has 0 unspecified atom stereocenters. The topological polar surface area (TPSA) is 78.4 Å². The molecule has 0 atom stereocenters. The number of rotatable bonds is 6.